The number of benzene rings is 2. The molecule has 7 nitrogen and oxygen atoms in total. The van der Waals surface area contributed by atoms with Gasteiger partial charge in [-0.1, -0.05) is 17.7 Å². The maximum atomic E-state index is 13.5. The summed E-state index contributed by atoms with van der Waals surface area (Å²) in [5.74, 6) is -0.482. The molecular weight excluding hydrogens is 474 g/mol. The number of aromatic nitrogens is 2. The van der Waals surface area contributed by atoms with E-state index in [4.69, 9.17) is 11.6 Å². The predicted octanol–water partition coefficient (Wildman–Crippen LogP) is 4.20. The average molecular weight is 494 g/mol. The van der Waals surface area contributed by atoms with E-state index in [2.05, 4.69) is 5.32 Å². The fourth-order valence-electron chi connectivity index (χ4n) is 4.32. The largest absolute Gasteiger partial charge is 0.337 e. The number of carbonyl (C=O) groups is 2. The van der Waals surface area contributed by atoms with E-state index < -0.39 is 17.2 Å². The highest BCUT2D eigenvalue weighted by Crippen LogP contribution is 2.35. The molecule has 2 heterocycles. The molecule has 0 bridgehead atoms. The zero-order valence-electron chi connectivity index (χ0n) is 18.3. The van der Waals surface area contributed by atoms with E-state index in [9.17, 15) is 19.2 Å². The lowest BCUT2D eigenvalue weighted by atomic mass is 10.1. The predicted molar refractivity (Wildman–Crippen MR) is 134 cm³/mol. The van der Waals surface area contributed by atoms with Crippen molar-refractivity contribution in [3.8, 4) is 5.69 Å². The van der Waals surface area contributed by atoms with Gasteiger partial charge in [-0.25, -0.2) is 9.36 Å². The van der Waals surface area contributed by atoms with Gasteiger partial charge >= 0.3 is 5.69 Å². The average Bonchev–Trinajstić information content (AvgIpc) is 3.38. The van der Waals surface area contributed by atoms with E-state index in [-0.39, 0.29) is 12.3 Å². The zero-order valence-corrected chi connectivity index (χ0v) is 19.8. The number of nitrogens with zero attached hydrogens (tertiary/aromatic N) is 2. The van der Waals surface area contributed by atoms with Crippen LogP contribution in [0.4, 0.5) is 5.69 Å². The number of amides is 1. The molecular formula is C25H20ClN3O4S. The lowest BCUT2D eigenvalue weighted by Gasteiger charge is -2.13. The van der Waals surface area contributed by atoms with Gasteiger partial charge in [0.15, 0.2) is 5.78 Å². The van der Waals surface area contributed by atoms with Crippen molar-refractivity contribution in [3.63, 3.8) is 0 Å². The van der Waals surface area contributed by atoms with Crippen molar-refractivity contribution in [2.45, 2.75) is 32.7 Å². The first-order chi connectivity index (χ1) is 16.3. The first kappa shape index (κ1) is 22.3. The Balaban J connectivity index is 1.60. The molecule has 172 valence electrons. The summed E-state index contributed by atoms with van der Waals surface area (Å²) in [6, 6.07) is 13.1. The molecule has 0 atom stereocenters. The Morgan fingerprint density at radius 2 is 1.85 bits per heavy atom. The third kappa shape index (κ3) is 3.89. The van der Waals surface area contributed by atoms with Gasteiger partial charge in [0.1, 0.15) is 11.4 Å². The van der Waals surface area contributed by atoms with Crippen molar-refractivity contribution in [2.75, 3.05) is 5.32 Å². The summed E-state index contributed by atoms with van der Waals surface area (Å²) >= 11 is 7.54. The van der Waals surface area contributed by atoms with Gasteiger partial charge in [-0.05, 0) is 74.2 Å². The van der Waals surface area contributed by atoms with Crippen LogP contribution in [0.15, 0.2) is 58.1 Å². The second kappa shape index (κ2) is 8.70. The number of ketones is 1. The molecule has 0 radical (unpaired) electrons. The van der Waals surface area contributed by atoms with Gasteiger partial charge in [-0.3, -0.25) is 19.0 Å². The van der Waals surface area contributed by atoms with E-state index in [1.807, 2.05) is 0 Å². The van der Waals surface area contributed by atoms with Crippen molar-refractivity contribution in [2.24, 2.45) is 0 Å². The Labute approximate surface area is 203 Å². The number of thiophene rings is 1. The van der Waals surface area contributed by atoms with Crippen LogP contribution >= 0.6 is 22.9 Å². The molecule has 0 spiro atoms. The summed E-state index contributed by atoms with van der Waals surface area (Å²) in [6.45, 7) is 1.21. The third-order valence-corrected chi connectivity index (χ3v) is 7.48. The molecule has 0 fully saturated rings. The zero-order chi connectivity index (χ0) is 24.0. The fourth-order valence-corrected chi connectivity index (χ4v) is 5.88. The molecule has 4 aromatic rings. The number of hydrogen-bond donors (Lipinski definition) is 1. The lowest BCUT2D eigenvalue weighted by molar-refractivity contribution is -0.116. The number of aryl methyl sites for hydroxylation is 2. The quantitative estimate of drug-likeness (QED) is 0.422. The highest BCUT2D eigenvalue weighted by Gasteiger charge is 2.26. The number of carbonyl (C=O) groups excluding carboxylic acids is 2. The maximum Gasteiger partial charge on any atom is 0.337 e. The van der Waals surface area contributed by atoms with Crippen molar-refractivity contribution in [1.29, 1.82) is 0 Å². The highest BCUT2D eigenvalue weighted by atomic mass is 35.5. The fraction of sp³-hybridized carbons (Fsp3) is 0.200. The minimum atomic E-state index is -0.596. The molecule has 2 aromatic heterocycles. The number of hydrogen-bond acceptors (Lipinski definition) is 5. The molecule has 5 rings (SSSR count). The van der Waals surface area contributed by atoms with Crippen molar-refractivity contribution >= 4 is 50.5 Å². The summed E-state index contributed by atoms with van der Waals surface area (Å²) in [5, 5.41) is 3.66. The smallest absolute Gasteiger partial charge is 0.325 e. The molecule has 1 aliphatic rings. The number of nitrogens with one attached hydrogen (secondary N) is 1. The standard InChI is InChI=1S/C25H20ClN3O4S/c1-14(30)15-8-10-17(11-9-15)27-21(31)13-28-24-22(19-6-3-7-20(19)34-24)23(32)29(25(28)33)18-5-2-4-16(26)12-18/h2,4-5,8-12H,3,6-7,13H2,1H3,(H,27,31). The van der Waals surface area contributed by atoms with E-state index in [0.29, 0.717) is 32.2 Å². The van der Waals surface area contributed by atoms with Crippen LogP contribution in [0.25, 0.3) is 15.9 Å². The summed E-state index contributed by atoms with van der Waals surface area (Å²) in [6.07, 6.45) is 2.59. The van der Waals surface area contributed by atoms with Gasteiger partial charge in [0.05, 0.1) is 11.1 Å². The van der Waals surface area contributed by atoms with Crippen LogP contribution in [-0.4, -0.2) is 20.8 Å². The molecule has 0 unspecified atom stereocenters. The topological polar surface area (TPSA) is 90.2 Å². The maximum absolute atomic E-state index is 13.5. The van der Waals surface area contributed by atoms with Crippen molar-refractivity contribution in [3.05, 3.63) is 90.4 Å². The van der Waals surface area contributed by atoms with Crippen LogP contribution in [0, 0.1) is 0 Å². The molecule has 2 aromatic carbocycles. The monoisotopic (exact) mass is 493 g/mol. The second-order valence-corrected chi connectivity index (χ2v) is 9.73. The van der Waals surface area contributed by atoms with Crippen LogP contribution < -0.4 is 16.6 Å². The van der Waals surface area contributed by atoms with Gasteiger partial charge in [0.2, 0.25) is 5.91 Å². The third-order valence-electron chi connectivity index (χ3n) is 5.93. The second-order valence-electron chi connectivity index (χ2n) is 8.21. The van der Waals surface area contributed by atoms with E-state index in [0.717, 1.165) is 34.3 Å². The first-order valence-electron chi connectivity index (χ1n) is 10.8. The van der Waals surface area contributed by atoms with Gasteiger partial charge < -0.3 is 5.32 Å². The molecule has 1 amide bonds. The van der Waals surface area contributed by atoms with Crippen LogP contribution in [0.3, 0.4) is 0 Å². The Kier molecular flexibility index (Phi) is 5.71. The molecule has 9 heteroatoms. The minimum Gasteiger partial charge on any atom is -0.325 e. The van der Waals surface area contributed by atoms with Crippen LogP contribution in [0.1, 0.15) is 34.1 Å². The molecule has 1 N–H and O–H groups in total. The highest BCUT2D eigenvalue weighted by molar-refractivity contribution is 7.19. The van der Waals surface area contributed by atoms with Crippen molar-refractivity contribution in [1.82, 2.24) is 9.13 Å². The minimum absolute atomic E-state index is 0.0687. The molecule has 34 heavy (non-hydrogen) atoms. The number of rotatable bonds is 5. The van der Waals surface area contributed by atoms with E-state index >= 15 is 0 Å². The first-order valence-corrected chi connectivity index (χ1v) is 12.0. The van der Waals surface area contributed by atoms with Crippen LogP contribution in [0.2, 0.25) is 5.02 Å². The number of Topliss-reactive ketones (excluding diaryl/α,β-unsaturated/α-hetero) is 1. The van der Waals surface area contributed by atoms with Gasteiger partial charge in [0, 0.05) is 21.2 Å². The SMILES string of the molecule is CC(=O)c1ccc(NC(=O)Cn2c(=O)n(-c3cccc(Cl)c3)c(=O)c3c4c(sc32)CCC4)cc1. The molecule has 0 saturated carbocycles. The normalized spacial score (nSPS) is 12.6. The molecule has 0 aliphatic heterocycles. The van der Waals surface area contributed by atoms with Crippen molar-refractivity contribution < 1.29 is 9.59 Å². The van der Waals surface area contributed by atoms with E-state index in [1.165, 1.54) is 22.8 Å². The summed E-state index contributed by atoms with van der Waals surface area (Å²) in [5.41, 5.74) is 1.39. The lowest BCUT2D eigenvalue weighted by Crippen LogP contribution is -2.40. The number of anilines is 1. The summed E-state index contributed by atoms with van der Waals surface area (Å²) in [4.78, 5) is 53.0. The Morgan fingerprint density at radius 1 is 1.09 bits per heavy atom. The van der Waals surface area contributed by atoms with E-state index in [1.54, 1.807) is 48.5 Å². The Morgan fingerprint density at radius 3 is 2.56 bits per heavy atom. The molecule has 0 saturated heterocycles. The van der Waals surface area contributed by atoms with Gasteiger partial charge in [-0.15, -0.1) is 11.3 Å². The number of fused-ring (bicyclic) bond motifs is 3. The van der Waals surface area contributed by atoms with Crippen LogP contribution in [-0.2, 0) is 24.2 Å². The summed E-state index contributed by atoms with van der Waals surface area (Å²) in [7, 11) is 0. The van der Waals surface area contributed by atoms with Gasteiger partial charge in [0.25, 0.3) is 5.56 Å². The number of halogens is 1. The Hall–Kier alpha value is -3.49. The molecule has 1 aliphatic carbocycles. The van der Waals surface area contributed by atoms with Crippen LogP contribution in [0.5, 0.6) is 0 Å². The Bertz CT molecular complexity index is 1580. The van der Waals surface area contributed by atoms with Gasteiger partial charge in [-0.2, -0.15) is 0 Å². The summed E-state index contributed by atoms with van der Waals surface area (Å²) < 4.78 is 2.45.